The van der Waals surface area contributed by atoms with E-state index < -0.39 is 67.2 Å². The molecule has 1 aliphatic rings. The molecule has 0 aliphatic heterocycles. The molecule has 0 N–H and O–H groups in total. The summed E-state index contributed by atoms with van der Waals surface area (Å²) in [6.45, 7) is 0. The number of rotatable bonds is 5. The molecular weight excluding hydrogens is 600 g/mol. The number of halogens is 6. The van der Waals surface area contributed by atoms with Gasteiger partial charge in [0.05, 0.1) is 22.8 Å². The lowest BCUT2D eigenvalue weighted by molar-refractivity contribution is -0.138. The van der Waals surface area contributed by atoms with Crippen molar-refractivity contribution in [1.29, 1.82) is 0 Å². The molecule has 2 heterocycles. The van der Waals surface area contributed by atoms with E-state index in [0.717, 1.165) is 22.8 Å². The first-order chi connectivity index (χ1) is 19.4. The van der Waals surface area contributed by atoms with Crippen LogP contribution in [0.15, 0.2) is 61.4 Å². The van der Waals surface area contributed by atoms with Crippen molar-refractivity contribution >= 4 is 26.7 Å². The third-order valence-electron chi connectivity index (χ3n) is 7.00. The van der Waals surface area contributed by atoms with Gasteiger partial charge < -0.3 is 4.42 Å². The number of hydrogen-bond donors (Lipinski definition) is 0. The Balaban J connectivity index is 1.77. The summed E-state index contributed by atoms with van der Waals surface area (Å²) in [5.41, 5.74) is -10.9. The summed E-state index contributed by atoms with van der Waals surface area (Å²) >= 11 is 0. The van der Waals surface area contributed by atoms with Crippen LogP contribution in [0, 0.1) is 0 Å². The molecule has 222 valence electrons. The fraction of sp³-hybridized carbons (Fsp3) is 0.280. The number of oxazole rings is 1. The van der Waals surface area contributed by atoms with Gasteiger partial charge in [0.1, 0.15) is 11.3 Å². The van der Waals surface area contributed by atoms with Crippen LogP contribution in [0.3, 0.4) is 0 Å². The number of ketones is 1. The highest BCUT2D eigenvalue weighted by Gasteiger charge is 2.47. The Kier molecular flexibility index (Phi) is 6.63. The number of benzene rings is 2. The van der Waals surface area contributed by atoms with Gasteiger partial charge in [-0.1, -0.05) is 12.1 Å². The third-order valence-corrected chi connectivity index (χ3v) is 8.35. The van der Waals surface area contributed by atoms with E-state index in [1.807, 2.05) is 0 Å². The van der Waals surface area contributed by atoms with Crippen molar-refractivity contribution in [3.8, 4) is 5.69 Å². The van der Waals surface area contributed by atoms with Crippen molar-refractivity contribution in [3.63, 3.8) is 0 Å². The monoisotopic (exact) mass is 617 g/mol. The average molecular weight is 617 g/mol. The summed E-state index contributed by atoms with van der Waals surface area (Å²) in [7, 11) is -4.67. The Hall–Kier alpha value is -4.41. The van der Waals surface area contributed by atoms with E-state index in [1.54, 1.807) is 0 Å². The molecule has 1 aliphatic carbocycles. The Bertz CT molecular complexity index is 2070. The number of carbonyl (C=O) groups is 1. The summed E-state index contributed by atoms with van der Waals surface area (Å²) in [4.78, 5) is 51.9. The third kappa shape index (κ3) is 4.66. The van der Waals surface area contributed by atoms with Crippen LogP contribution in [0.25, 0.3) is 16.8 Å². The fourth-order valence-electron chi connectivity index (χ4n) is 4.99. The standard InChI is InChI=1S/C25H17F6N3O7S/c1-32-18-7-5-12(9-20(18)41-23(32)38)33-10-15(19(35)11-42(39,40)25(29,30)31)21(36)34(22(33)37)17-8-6-13-14(17)3-2-4-16(13)24(26,27)28/h2-5,7,9-10,17H,6,8,11H2,1H3/t17-/m1/s1. The number of carbonyl (C=O) groups excluding carboxylic acids is 1. The molecule has 0 spiro atoms. The van der Waals surface area contributed by atoms with Crippen molar-refractivity contribution in [1.82, 2.24) is 13.7 Å². The molecule has 0 saturated carbocycles. The van der Waals surface area contributed by atoms with Crippen molar-refractivity contribution in [2.24, 2.45) is 7.05 Å². The molecule has 4 aromatic rings. The molecule has 0 amide bonds. The van der Waals surface area contributed by atoms with Crippen LogP contribution < -0.4 is 17.0 Å². The van der Waals surface area contributed by atoms with Gasteiger partial charge in [0.25, 0.3) is 15.4 Å². The SMILES string of the molecule is Cn1c(=O)oc2cc(-n3cc(C(=O)CS(=O)(=O)C(F)(F)F)c(=O)n([C@@H]4CCc5c4cccc5C(F)(F)F)c3=O)ccc21. The van der Waals surface area contributed by atoms with Gasteiger partial charge in [0.2, 0.25) is 0 Å². The number of sulfone groups is 1. The lowest BCUT2D eigenvalue weighted by Gasteiger charge is -2.19. The smallest absolute Gasteiger partial charge is 0.408 e. The van der Waals surface area contributed by atoms with E-state index in [4.69, 9.17) is 4.42 Å². The minimum absolute atomic E-state index is 0.0572. The fourth-order valence-corrected chi connectivity index (χ4v) is 5.66. The molecule has 0 fully saturated rings. The van der Waals surface area contributed by atoms with E-state index in [1.165, 1.54) is 25.2 Å². The molecular formula is C25H17F6N3O7S. The summed E-state index contributed by atoms with van der Waals surface area (Å²) in [5.74, 6) is -4.74. The maximum Gasteiger partial charge on any atom is 0.497 e. The highest BCUT2D eigenvalue weighted by molar-refractivity contribution is 7.93. The first-order valence-electron chi connectivity index (χ1n) is 11.9. The van der Waals surface area contributed by atoms with Gasteiger partial charge in [-0.15, -0.1) is 0 Å². The molecule has 0 unspecified atom stereocenters. The Morgan fingerprint density at radius 1 is 1.05 bits per heavy atom. The minimum atomic E-state index is -6.05. The Labute approximate surface area is 229 Å². The molecule has 2 aromatic heterocycles. The number of aryl methyl sites for hydroxylation is 1. The van der Waals surface area contributed by atoms with Gasteiger partial charge in [0.15, 0.2) is 11.4 Å². The van der Waals surface area contributed by atoms with E-state index in [9.17, 15) is 53.9 Å². The predicted molar refractivity (Wildman–Crippen MR) is 133 cm³/mol. The zero-order chi connectivity index (χ0) is 30.9. The van der Waals surface area contributed by atoms with Crippen molar-refractivity contribution in [3.05, 3.63) is 96.2 Å². The lowest BCUT2D eigenvalue weighted by atomic mass is 10.0. The van der Waals surface area contributed by atoms with Crippen molar-refractivity contribution in [2.45, 2.75) is 30.6 Å². The molecule has 42 heavy (non-hydrogen) atoms. The van der Waals surface area contributed by atoms with Crippen LogP contribution in [-0.4, -0.2) is 39.2 Å². The van der Waals surface area contributed by atoms with Gasteiger partial charge in [-0.05, 0) is 42.2 Å². The quantitative estimate of drug-likeness (QED) is 0.249. The largest absolute Gasteiger partial charge is 0.497 e. The molecule has 17 heteroatoms. The highest BCUT2D eigenvalue weighted by atomic mass is 32.2. The van der Waals surface area contributed by atoms with Gasteiger partial charge in [-0.3, -0.25) is 23.3 Å². The topological polar surface area (TPSA) is 130 Å². The molecule has 0 bridgehead atoms. The van der Waals surface area contributed by atoms with E-state index >= 15 is 0 Å². The average Bonchev–Trinajstić information content (AvgIpc) is 3.42. The second-order valence-electron chi connectivity index (χ2n) is 9.50. The van der Waals surface area contributed by atoms with Crippen LogP contribution in [0.5, 0.6) is 0 Å². The van der Waals surface area contributed by atoms with Gasteiger partial charge >= 0.3 is 23.1 Å². The summed E-state index contributed by atoms with van der Waals surface area (Å²) in [6.07, 6.45) is -4.67. The zero-order valence-corrected chi connectivity index (χ0v) is 21.9. The first kappa shape index (κ1) is 29.1. The van der Waals surface area contributed by atoms with Crippen molar-refractivity contribution in [2.75, 3.05) is 5.75 Å². The normalized spacial score (nSPS) is 15.7. The minimum Gasteiger partial charge on any atom is -0.408 e. The van der Waals surface area contributed by atoms with Gasteiger partial charge in [-0.25, -0.2) is 18.0 Å². The Morgan fingerprint density at radius 2 is 1.74 bits per heavy atom. The van der Waals surface area contributed by atoms with Crippen molar-refractivity contribution < 1.29 is 44.0 Å². The van der Waals surface area contributed by atoms with E-state index in [-0.39, 0.29) is 40.8 Å². The molecule has 5 rings (SSSR count). The number of nitrogens with zero attached hydrogens (tertiary/aromatic N) is 3. The van der Waals surface area contributed by atoms with Crippen LogP contribution in [0.4, 0.5) is 26.3 Å². The van der Waals surface area contributed by atoms with Crippen LogP contribution >= 0.6 is 0 Å². The molecule has 0 radical (unpaired) electrons. The van der Waals surface area contributed by atoms with Gasteiger partial charge in [0, 0.05) is 19.3 Å². The maximum absolute atomic E-state index is 13.7. The number of Topliss-reactive ketones (excluding diaryl/α,β-unsaturated/α-hetero) is 1. The number of hydrogen-bond acceptors (Lipinski definition) is 7. The van der Waals surface area contributed by atoms with E-state index in [2.05, 4.69) is 0 Å². The zero-order valence-electron chi connectivity index (χ0n) is 21.1. The van der Waals surface area contributed by atoms with Crippen LogP contribution in [0.1, 0.15) is 39.5 Å². The highest BCUT2D eigenvalue weighted by Crippen LogP contribution is 2.41. The molecule has 0 saturated heterocycles. The summed E-state index contributed by atoms with van der Waals surface area (Å²) in [6, 6.07) is 5.46. The second-order valence-corrected chi connectivity index (χ2v) is 11.5. The van der Waals surface area contributed by atoms with Crippen LogP contribution in [0.2, 0.25) is 0 Å². The predicted octanol–water partition coefficient (Wildman–Crippen LogP) is 3.12. The molecule has 2 aromatic carbocycles. The maximum atomic E-state index is 13.7. The molecule has 1 atom stereocenters. The first-order valence-corrected chi connectivity index (χ1v) is 13.6. The summed E-state index contributed by atoms with van der Waals surface area (Å²) < 4.78 is 111. The Morgan fingerprint density at radius 3 is 2.38 bits per heavy atom. The van der Waals surface area contributed by atoms with Gasteiger partial charge in [-0.2, -0.15) is 26.3 Å². The number of aromatic nitrogens is 3. The molecule has 10 nitrogen and oxygen atoms in total. The summed E-state index contributed by atoms with van der Waals surface area (Å²) in [5, 5.41) is 0. The second kappa shape index (κ2) is 9.57. The van der Waals surface area contributed by atoms with E-state index in [0.29, 0.717) is 15.3 Å². The number of fused-ring (bicyclic) bond motifs is 2. The lowest BCUT2D eigenvalue weighted by Crippen LogP contribution is -2.44. The number of alkyl halides is 6. The van der Waals surface area contributed by atoms with Crippen LogP contribution in [-0.2, 0) is 29.5 Å².